The Hall–Kier alpha value is -1.55. The van der Waals surface area contributed by atoms with Gasteiger partial charge in [0.1, 0.15) is 11.4 Å². The Labute approximate surface area is 134 Å². The largest absolute Gasteiger partial charge is 0.493 e. The number of hydrogen-bond acceptors (Lipinski definition) is 3. The third-order valence-corrected chi connectivity index (χ3v) is 3.56. The van der Waals surface area contributed by atoms with Gasteiger partial charge in [0.15, 0.2) is 0 Å². The third-order valence-electron chi connectivity index (χ3n) is 3.56. The fraction of sp³-hybridized carbons (Fsp3) is 0.611. The van der Waals surface area contributed by atoms with E-state index >= 15 is 0 Å². The Morgan fingerprint density at radius 2 is 1.95 bits per heavy atom. The lowest BCUT2D eigenvalue weighted by Crippen LogP contribution is -2.42. The van der Waals surface area contributed by atoms with E-state index in [1.807, 2.05) is 39.0 Å². The molecule has 0 aliphatic carbocycles. The van der Waals surface area contributed by atoms with Crippen LogP contribution in [0.25, 0.3) is 0 Å². The van der Waals surface area contributed by atoms with Gasteiger partial charge in [-0.25, -0.2) is 0 Å². The summed E-state index contributed by atoms with van der Waals surface area (Å²) >= 11 is 0. The van der Waals surface area contributed by atoms with Crippen LogP contribution in [0.3, 0.4) is 0 Å². The van der Waals surface area contributed by atoms with Crippen molar-refractivity contribution in [2.45, 2.75) is 59.5 Å². The Bertz CT molecular complexity index is 479. The number of benzene rings is 1. The van der Waals surface area contributed by atoms with Crippen LogP contribution in [0.15, 0.2) is 18.2 Å². The average molecular weight is 307 g/mol. The summed E-state index contributed by atoms with van der Waals surface area (Å²) in [4.78, 5) is 12.5. The minimum Gasteiger partial charge on any atom is -0.493 e. The molecule has 0 aliphatic rings. The number of aryl methyl sites for hydroxylation is 1. The number of amides is 1. The van der Waals surface area contributed by atoms with Crippen molar-refractivity contribution in [1.82, 2.24) is 0 Å². The highest BCUT2D eigenvalue weighted by molar-refractivity contribution is 5.97. The molecule has 0 unspecified atom stereocenters. The fourth-order valence-corrected chi connectivity index (χ4v) is 2.41. The molecule has 0 spiro atoms. The number of carbonyl (C=O) groups excluding carboxylic acids is 1. The maximum Gasteiger partial charge on any atom is 0.256 e. The van der Waals surface area contributed by atoms with Crippen molar-refractivity contribution >= 4 is 11.6 Å². The van der Waals surface area contributed by atoms with Gasteiger partial charge in [0.2, 0.25) is 0 Å². The first-order chi connectivity index (χ1) is 10.5. The smallest absolute Gasteiger partial charge is 0.256 e. The number of hydrogen-bond donors (Lipinski definition) is 1. The van der Waals surface area contributed by atoms with Gasteiger partial charge < -0.3 is 14.8 Å². The lowest BCUT2D eigenvalue weighted by atomic mass is 9.99. The lowest BCUT2D eigenvalue weighted by molar-refractivity contribution is -0.139. The molecule has 0 radical (unpaired) electrons. The predicted octanol–water partition coefficient (Wildman–Crippen LogP) is 4.32. The molecule has 0 heterocycles. The van der Waals surface area contributed by atoms with E-state index in [9.17, 15) is 4.79 Å². The molecule has 1 amide bonds. The minimum atomic E-state index is -0.783. The maximum atomic E-state index is 12.5. The quantitative estimate of drug-likeness (QED) is 0.739. The first-order valence-corrected chi connectivity index (χ1v) is 8.15. The van der Waals surface area contributed by atoms with E-state index in [2.05, 4.69) is 19.2 Å². The van der Waals surface area contributed by atoms with Crippen molar-refractivity contribution in [3.05, 3.63) is 23.8 Å². The van der Waals surface area contributed by atoms with Crippen molar-refractivity contribution in [3.63, 3.8) is 0 Å². The van der Waals surface area contributed by atoms with E-state index in [-0.39, 0.29) is 5.91 Å². The van der Waals surface area contributed by atoms with Crippen LogP contribution < -0.4 is 10.1 Å². The van der Waals surface area contributed by atoms with Gasteiger partial charge in [-0.3, -0.25) is 4.79 Å². The Morgan fingerprint density at radius 3 is 2.50 bits per heavy atom. The minimum absolute atomic E-state index is 0.0992. The van der Waals surface area contributed by atoms with Crippen LogP contribution in [-0.2, 0) is 9.53 Å². The maximum absolute atomic E-state index is 12.5. The van der Waals surface area contributed by atoms with Crippen LogP contribution in [0.1, 0.15) is 52.5 Å². The van der Waals surface area contributed by atoms with Crippen LogP contribution in [0, 0.1) is 6.92 Å². The van der Waals surface area contributed by atoms with Crippen LogP contribution >= 0.6 is 0 Å². The summed E-state index contributed by atoms with van der Waals surface area (Å²) in [6, 6.07) is 5.70. The highest BCUT2D eigenvalue weighted by atomic mass is 16.5. The van der Waals surface area contributed by atoms with Gasteiger partial charge in [-0.15, -0.1) is 0 Å². The number of carbonyl (C=O) groups is 1. The van der Waals surface area contributed by atoms with E-state index in [0.717, 1.165) is 29.8 Å². The zero-order valence-electron chi connectivity index (χ0n) is 14.5. The van der Waals surface area contributed by atoms with E-state index in [4.69, 9.17) is 9.47 Å². The zero-order chi connectivity index (χ0) is 16.6. The lowest BCUT2D eigenvalue weighted by Gasteiger charge is -2.28. The molecule has 4 nitrogen and oxygen atoms in total. The standard InChI is InChI=1S/C18H29NO3/c1-6-11-18(5,22-8-3)17(20)19-15-9-10-16(14(4)13-15)21-12-7-2/h9-10,13H,6-8,11-12H2,1-5H3,(H,19,20)/t18-/m0/s1. The van der Waals surface area contributed by atoms with Gasteiger partial charge in [0, 0.05) is 12.3 Å². The average Bonchev–Trinajstić information content (AvgIpc) is 2.47. The molecule has 22 heavy (non-hydrogen) atoms. The summed E-state index contributed by atoms with van der Waals surface area (Å²) < 4.78 is 11.3. The van der Waals surface area contributed by atoms with Crippen LogP contribution in [-0.4, -0.2) is 24.7 Å². The molecule has 124 valence electrons. The second-order valence-electron chi connectivity index (χ2n) is 5.70. The highest BCUT2D eigenvalue weighted by Crippen LogP contribution is 2.25. The van der Waals surface area contributed by atoms with Gasteiger partial charge in [-0.05, 0) is 57.4 Å². The first kappa shape index (κ1) is 18.5. The summed E-state index contributed by atoms with van der Waals surface area (Å²) in [5.41, 5.74) is 1.00. The number of rotatable bonds is 9. The third kappa shape index (κ3) is 5.02. The Balaban J connectivity index is 2.80. The normalized spacial score (nSPS) is 13.5. The Morgan fingerprint density at radius 1 is 1.23 bits per heavy atom. The van der Waals surface area contributed by atoms with E-state index in [1.165, 1.54) is 0 Å². The van der Waals surface area contributed by atoms with Gasteiger partial charge in [0.05, 0.1) is 6.61 Å². The topological polar surface area (TPSA) is 47.6 Å². The van der Waals surface area contributed by atoms with Crippen molar-refractivity contribution in [2.75, 3.05) is 18.5 Å². The second kappa shape index (κ2) is 8.79. The van der Waals surface area contributed by atoms with Gasteiger partial charge >= 0.3 is 0 Å². The fourth-order valence-electron chi connectivity index (χ4n) is 2.41. The predicted molar refractivity (Wildman–Crippen MR) is 90.5 cm³/mol. The van der Waals surface area contributed by atoms with Crippen LogP contribution in [0.2, 0.25) is 0 Å². The molecule has 0 bridgehead atoms. The summed E-state index contributed by atoms with van der Waals surface area (Å²) in [6.45, 7) is 11.1. The molecular weight excluding hydrogens is 278 g/mol. The first-order valence-electron chi connectivity index (χ1n) is 8.15. The van der Waals surface area contributed by atoms with Gasteiger partial charge in [-0.1, -0.05) is 20.3 Å². The SMILES string of the molecule is CCCOc1ccc(NC(=O)[C@](C)(CCC)OCC)cc1C. The molecule has 0 aliphatic heterocycles. The molecule has 1 atom stereocenters. The molecular formula is C18H29NO3. The van der Waals surface area contributed by atoms with Gasteiger partial charge in [-0.2, -0.15) is 0 Å². The van der Waals surface area contributed by atoms with Crippen LogP contribution in [0.5, 0.6) is 5.75 Å². The Kier molecular flexibility index (Phi) is 7.39. The number of nitrogens with one attached hydrogen (secondary N) is 1. The van der Waals surface area contributed by atoms with Crippen molar-refractivity contribution in [2.24, 2.45) is 0 Å². The summed E-state index contributed by atoms with van der Waals surface area (Å²) in [5.74, 6) is 0.763. The monoisotopic (exact) mass is 307 g/mol. The summed E-state index contributed by atoms with van der Waals surface area (Å²) in [7, 11) is 0. The molecule has 1 rings (SSSR count). The number of anilines is 1. The summed E-state index contributed by atoms with van der Waals surface area (Å²) in [5, 5.41) is 2.96. The molecule has 0 saturated heterocycles. The zero-order valence-corrected chi connectivity index (χ0v) is 14.5. The molecule has 1 N–H and O–H groups in total. The molecule has 4 heteroatoms. The molecule has 1 aromatic carbocycles. The second-order valence-corrected chi connectivity index (χ2v) is 5.70. The van der Waals surface area contributed by atoms with Crippen molar-refractivity contribution in [1.29, 1.82) is 0 Å². The van der Waals surface area contributed by atoms with Crippen LogP contribution in [0.4, 0.5) is 5.69 Å². The van der Waals surface area contributed by atoms with E-state index < -0.39 is 5.60 Å². The van der Waals surface area contributed by atoms with E-state index in [1.54, 1.807) is 0 Å². The van der Waals surface area contributed by atoms with Crippen molar-refractivity contribution in [3.8, 4) is 5.75 Å². The molecule has 0 saturated carbocycles. The van der Waals surface area contributed by atoms with E-state index in [0.29, 0.717) is 19.6 Å². The number of ether oxygens (including phenoxy) is 2. The van der Waals surface area contributed by atoms with Gasteiger partial charge in [0.25, 0.3) is 5.91 Å². The van der Waals surface area contributed by atoms with Crippen molar-refractivity contribution < 1.29 is 14.3 Å². The molecule has 0 fully saturated rings. The highest BCUT2D eigenvalue weighted by Gasteiger charge is 2.32. The summed E-state index contributed by atoms with van der Waals surface area (Å²) in [6.07, 6.45) is 2.57. The molecule has 1 aromatic rings. The molecule has 0 aromatic heterocycles.